The van der Waals surface area contributed by atoms with Gasteiger partial charge in [-0.1, -0.05) is 52.7 Å². The molecule has 10 heteroatoms. The van der Waals surface area contributed by atoms with Gasteiger partial charge in [0.15, 0.2) is 0 Å². The Labute approximate surface area is 159 Å². The fraction of sp³-hybridized carbons (Fsp3) is 0.0625. The van der Waals surface area contributed by atoms with Gasteiger partial charge < -0.3 is 0 Å². The standard InChI is InChI=1S/C16H8Cl2F3N3OS/c17-10-2-1-3-11(18)12(10)13(25)22-15-24-23-14(26-15)8-4-6-9(7-5-8)16(19,20)21/h1-7H,(H,22,24,25). The van der Waals surface area contributed by atoms with E-state index >= 15 is 0 Å². The average Bonchev–Trinajstić information content (AvgIpc) is 3.02. The lowest BCUT2D eigenvalue weighted by Gasteiger charge is -2.06. The lowest BCUT2D eigenvalue weighted by Crippen LogP contribution is -2.12. The highest BCUT2D eigenvalue weighted by Gasteiger charge is 2.30. The Bertz CT molecular complexity index is 938. The molecule has 0 radical (unpaired) electrons. The molecule has 0 saturated carbocycles. The summed E-state index contributed by atoms with van der Waals surface area (Å²) < 4.78 is 37.8. The first-order chi connectivity index (χ1) is 12.3. The van der Waals surface area contributed by atoms with Crippen molar-refractivity contribution in [2.75, 3.05) is 5.32 Å². The Morgan fingerprint density at radius 1 is 1.00 bits per heavy atom. The minimum absolute atomic E-state index is 0.0992. The molecular weight excluding hydrogens is 410 g/mol. The number of carbonyl (C=O) groups is 1. The van der Waals surface area contributed by atoms with Crippen LogP contribution in [0.25, 0.3) is 10.6 Å². The number of nitrogens with zero attached hydrogens (tertiary/aromatic N) is 2. The van der Waals surface area contributed by atoms with E-state index < -0.39 is 17.6 Å². The molecule has 26 heavy (non-hydrogen) atoms. The quantitative estimate of drug-likeness (QED) is 0.587. The van der Waals surface area contributed by atoms with Gasteiger partial charge >= 0.3 is 6.18 Å². The molecule has 1 aromatic heterocycles. The molecule has 0 unspecified atom stereocenters. The third-order valence-corrected chi connectivity index (χ3v) is 4.81. The second kappa shape index (κ2) is 7.22. The minimum atomic E-state index is -4.41. The number of carbonyl (C=O) groups excluding carboxylic acids is 1. The monoisotopic (exact) mass is 417 g/mol. The third-order valence-electron chi connectivity index (χ3n) is 3.29. The van der Waals surface area contributed by atoms with E-state index in [1.165, 1.54) is 24.3 Å². The second-order valence-electron chi connectivity index (χ2n) is 5.04. The lowest BCUT2D eigenvalue weighted by atomic mass is 10.1. The predicted molar refractivity (Wildman–Crippen MR) is 94.8 cm³/mol. The summed E-state index contributed by atoms with van der Waals surface area (Å²) in [7, 11) is 0. The molecule has 0 atom stereocenters. The van der Waals surface area contributed by atoms with E-state index in [0.717, 1.165) is 23.5 Å². The van der Waals surface area contributed by atoms with Crippen LogP contribution in [-0.2, 0) is 6.18 Å². The number of aromatic nitrogens is 2. The maximum Gasteiger partial charge on any atom is 0.416 e. The number of halogens is 5. The molecule has 0 aliphatic heterocycles. The summed E-state index contributed by atoms with van der Waals surface area (Å²) >= 11 is 13.0. The van der Waals surface area contributed by atoms with E-state index in [9.17, 15) is 18.0 Å². The Kier molecular flexibility index (Phi) is 5.17. The number of alkyl halides is 3. The molecule has 1 N–H and O–H groups in total. The Balaban J connectivity index is 1.79. The zero-order valence-electron chi connectivity index (χ0n) is 12.6. The number of benzene rings is 2. The van der Waals surface area contributed by atoms with Gasteiger partial charge in [0.25, 0.3) is 5.91 Å². The molecule has 0 saturated heterocycles. The molecular formula is C16H8Cl2F3N3OS. The fourth-order valence-electron chi connectivity index (χ4n) is 2.07. The molecule has 1 heterocycles. The largest absolute Gasteiger partial charge is 0.416 e. The number of hydrogen-bond acceptors (Lipinski definition) is 4. The normalized spacial score (nSPS) is 11.4. The molecule has 0 bridgehead atoms. The van der Waals surface area contributed by atoms with Crippen LogP contribution in [-0.4, -0.2) is 16.1 Å². The molecule has 0 fully saturated rings. The van der Waals surface area contributed by atoms with Crippen LogP contribution in [0.15, 0.2) is 42.5 Å². The van der Waals surface area contributed by atoms with Gasteiger partial charge in [0.2, 0.25) is 5.13 Å². The summed E-state index contributed by atoms with van der Waals surface area (Å²) in [6.45, 7) is 0. The van der Waals surface area contributed by atoms with Crippen molar-refractivity contribution in [2.24, 2.45) is 0 Å². The Hall–Kier alpha value is -2.16. The van der Waals surface area contributed by atoms with Crippen molar-refractivity contribution in [1.29, 1.82) is 0 Å². The van der Waals surface area contributed by atoms with Gasteiger partial charge in [0.05, 0.1) is 21.2 Å². The van der Waals surface area contributed by atoms with Gasteiger partial charge in [-0.05, 0) is 24.3 Å². The number of rotatable bonds is 3. The van der Waals surface area contributed by atoms with Crippen LogP contribution in [0, 0.1) is 0 Å². The van der Waals surface area contributed by atoms with Gasteiger partial charge in [0, 0.05) is 5.56 Å². The first kappa shape index (κ1) is 18.6. The first-order valence-electron chi connectivity index (χ1n) is 7.02. The van der Waals surface area contributed by atoms with Gasteiger partial charge in [0.1, 0.15) is 5.01 Å². The maximum atomic E-state index is 12.6. The summed E-state index contributed by atoms with van der Waals surface area (Å²) in [5.41, 5.74) is -0.207. The van der Waals surface area contributed by atoms with Gasteiger partial charge in [-0.15, -0.1) is 10.2 Å². The SMILES string of the molecule is O=C(Nc1nnc(-c2ccc(C(F)(F)F)cc2)s1)c1c(Cl)cccc1Cl. The number of hydrogen-bond donors (Lipinski definition) is 1. The molecule has 134 valence electrons. The molecule has 0 aliphatic rings. The number of nitrogens with one attached hydrogen (secondary N) is 1. The average molecular weight is 418 g/mol. The molecule has 0 aliphatic carbocycles. The third kappa shape index (κ3) is 3.98. The van der Waals surface area contributed by atoms with Gasteiger partial charge in [-0.3, -0.25) is 10.1 Å². The summed E-state index contributed by atoms with van der Waals surface area (Å²) in [6, 6.07) is 9.15. The molecule has 0 spiro atoms. The maximum absolute atomic E-state index is 12.6. The molecule has 2 aromatic carbocycles. The number of amides is 1. The highest BCUT2D eigenvalue weighted by Crippen LogP contribution is 2.33. The Morgan fingerprint density at radius 2 is 1.62 bits per heavy atom. The molecule has 3 aromatic rings. The smallest absolute Gasteiger partial charge is 0.296 e. The van der Waals surface area contributed by atoms with Gasteiger partial charge in [-0.2, -0.15) is 13.2 Å². The van der Waals surface area contributed by atoms with Crippen molar-refractivity contribution < 1.29 is 18.0 Å². The van der Waals surface area contributed by atoms with Gasteiger partial charge in [-0.25, -0.2) is 0 Å². The van der Waals surface area contributed by atoms with E-state index in [1.54, 1.807) is 6.07 Å². The van der Waals surface area contributed by atoms with Crippen LogP contribution >= 0.6 is 34.5 Å². The topological polar surface area (TPSA) is 54.9 Å². The molecule has 1 amide bonds. The van der Waals surface area contributed by atoms with E-state index in [0.29, 0.717) is 10.6 Å². The van der Waals surface area contributed by atoms with Crippen LogP contribution < -0.4 is 5.32 Å². The van der Waals surface area contributed by atoms with Crippen molar-refractivity contribution in [3.63, 3.8) is 0 Å². The zero-order valence-corrected chi connectivity index (χ0v) is 15.0. The van der Waals surface area contributed by atoms with Crippen LogP contribution in [0.4, 0.5) is 18.3 Å². The Morgan fingerprint density at radius 3 is 2.19 bits per heavy atom. The van der Waals surface area contributed by atoms with Crippen molar-refractivity contribution in [3.8, 4) is 10.6 Å². The summed E-state index contributed by atoms with van der Waals surface area (Å²) in [4.78, 5) is 12.3. The minimum Gasteiger partial charge on any atom is -0.296 e. The van der Waals surface area contributed by atoms with Crippen LogP contribution in [0.1, 0.15) is 15.9 Å². The zero-order chi connectivity index (χ0) is 18.9. The second-order valence-corrected chi connectivity index (χ2v) is 6.83. The number of anilines is 1. The highest BCUT2D eigenvalue weighted by molar-refractivity contribution is 7.18. The molecule has 4 nitrogen and oxygen atoms in total. The van der Waals surface area contributed by atoms with Crippen molar-refractivity contribution >= 4 is 45.6 Å². The highest BCUT2D eigenvalue weighted by atomic mass is 35.5. The van der Waals surface area contributed by atoms with E-state index in [-0.39, 0.29) is 20.7 Å². The van der Waals surface area contributed by atoms with Crippen molar-refractivity contribution in [3.05, 3.63) is 63.6 Å². The van der Waals surface area contributed by atoms with E-state index in [1.807, 2.05) is 0 Å². The molecule has 3 rings (SSSR count). The summed E-state index contributed by atoms with van der Waals surface area (Å²) in [5.74, 6) is -0.560. The van der Waals surface area contributed by atoms with Crippen molar-refractivity contribution in [1.82, 2.24) is 10.2 Å². The van der Waals surface area contributed by atoms with E-state index in [4.69, 9.17) is 23.2 Å². The summed E-state index contributed by atoms with van der Waals surface area (Å²) in [5, 5.41) is 11.1. The van der Waals surface area contributed by atoms with Crippen molar-refractivity contribution in [2.45, 2.75) is 6.18 Å². The van der Waals surface area contributed by atoms with E-state index in [2.05, 4.69) is 15.5 Å². The summed E-state index contributed by atoms with van der Waals surface area (Å²) in [6.07, 6.45) is -4.41. The van der Waals surface area contributed by atoms with Crippen LogP contribution in [0.5, 0.6) is 0 Å². The lowest BCUT2D eigenvalue weighted by molar-refractivity contribution is -0.137. The van der Waals surface area contributed by atoms with Crippen LogP contribution in [0.2, 0.25) is 10.0 Å². The fourth-order valence-corrected chi connectivity index (χ4v) is 3.38. The first-order valence-corrected chi connectivity index (χ1v) is 8.59. The van der Waals surface area contributed by atoms with Crippen LogP contribution in [0.3, 0.4) is 0 Å². The predicted octanol–water partition coefficient (Wildman–Crippen LogP) is 5.78.